The summed E-state index contributed by atoms with van der Waals surface area (Å²) < 4.78 is 44.3. The Kier molecular flexibility index (Phi) is 5.76. The van der Waals surface area contributed by atoms with Crippen molar-refractivity contribution < 1.29 is 27.5 Å². The number of oxazole rings is 1. The SMILES string of the molecule is Cc1oc([C@@H]2CC[C@@H](C)N(C(=O)c3ccccc3-n3nccn3)C2)nc1C(O)C(F)(F)F. The maximum atomic E-state index is 13.4. The summed E-state index contributed by atoms with van der Waals surface area (Å²) in [5, 5.41) is 17.8. The number of amides is 1. The molecule has 1 amide bonds. The third-order valence-electron chi connectivity index (χ3n) is 5.68. The van der Waals surface area contributed by atoms with Gasteiger partial charge in [-0.2, -0.15) is 28.2 Å². The molecule has 1 aromatic carbocycles. The normalized spacial score (nSPS) is 20.4. The molecule has 1 unspecified atom stereocenters. The number of piperidine rings is 1. The molecule has 0 saturated carbocycles. The van der Waals surface area contributed by atoms with Crippen LogP contribution in [0.3, 0.4) is 0 Å². The summed E-state index contributed by atoms with van der Waals surface area (Å²) in [4.78, 5) is 20.4. The fourth-order valence-electron chi connectivity index (χ4n) is 3.93. The molecule has 1 aliphatic heterocycles. The fraction of sp³-hybridized carbons (Fsp3) is 0.429. The van der Waals surface area contributed by atoms with Gasteiger partial charge in [-0.25, -0.2) is 4.98 Å². The lowest BCUT2D eigenvalue weighted by Crippen LogP contribution is -2.45. The van der Waals surface area contributed by atoms with Gasteiger partial charge >= 0.3 is 6.18 Å². The van der Waals surface area contributed by atoms with Crippen LogP contribution >= 0.6 is 0 Å². The van der Waals surface area contributed by atoms with Crippen LogP contribution in [-0.2, 0) is 0 Å². The Morgan fingerprint density at radius 3 is 2.59 bits per heavy atom. The van der Waals surface area contributed by atoms with E-state index >= 15 is 0 Å². The number of rotatable bonds is 4. The molecular weight excluding hydrogens is 427 g/mol. The van der Waals surface area contributed by atoms with Crippen LogP contribution in [0.15, 0.2) is 41.1 Å². The van der Waals surface area contributed by atoms with Crippen molar-refractivity contribution in [2.24, 2.45) is 0 Å². The number of aromatic nitrogens is 4. The number of halogens is 3. The first-order valence-corrected chi connectivity index (χ1v) is 10.2. The van der Waals surface area contributed by atoms with Crippen molar-refractivity contribution in [1.82, 2.24) is 24.9 Å². The van der Waals surface area contributed by atoms with Gasteiger partial charge in [0.1, 0.15) is 11.5 Å². The average molecular weight is 449 g/mol. The van der Waals surface area contributed by atoms with Gasteiger partial charge in [-0.3, -0.25) is 4.79 Å². The van der Waals surface area contributed by atoms with Gasteiger partial charge in [0.15, 0.2) is 12.0 Å². The van der Waals surface area contributed by atoms with Crippen molar-refractivity contribution in [2.45, 2.75) is 50.9 Å². The Hall–Kier alpha value is -3.21. The van der Waals surface area contributed by atoms with Crippen molar-refractivity contribution in [1.29, 1.82) is 0 Å². The van der Waals surface area contributed by atoms with E-state index in [1.54, 1.807) is 29.2 Å². The zero-order chi connectivity index (χ0) is 23.0. The molecular formula is C21H22F3N5O3. The van der Waals surface area contributed by atoms with E-state index in [1.807, 2.05) is 6.92 Å². The van der Waals surface area contributed by atoms with Crippen LogP contribution in [0, 0.1) is 6.92 Å². The van der Waals surface area contributed by atoms with Crippen LogP contribution < -0.4 is 0 Å². The first kappa shape index (κ1) is 22.0. The maximum absolute atomic E-state index is 13.4. The number of alkyl halides is 3. The Morgan fingerprint density at radius 2 is 1.91 bits per heavy atom. The highest BCUT2D eigenvalue weighted by Crippen LogP contribution is 2.37. The number of carbonyl (C=O) groups is 1. The van der Waals surface area contributed by atoms with Gasteiger partial charge in [-0.1, -0.05) is 12.1 Å². The maximum Gasteiger partial charge on any atom is 0.420 e. The molecule has 1 saturated heterocycles. The number of carbonyl (C=O) groups excluding carboxylic acids is 1. The van der Waals surface area contributed by atoms with Crippen molar-refractivity contribution >= 4 is 5.91 Å². The first-order valence-electron chi connectivity index (χ1n) is 10.2. The molecule has 4 rings (SSSR count). The van der Waals surface area contributed by atoms with Gasteiger partial charge in [-0.15, -0.1) is 0 Å². The van der Waals surface area contributed by atoms with E-state index in [4.69, 9.17) is 4.42 Å². The molecule has 8 nitrogen and oxygen atoms in total. The van der Waals surface area contributed by atoms with E-state index in [-0.39, 0.29) is 30.1 Å². The number of aliphatic hydroxyl groups excluding tert-OH is 1. The second kappa shape index (κ2) is 8.38. The minimum atomic E-state index is -4.84. The topological polar surface area (TPSA) is 97.3 Å². The van der Waals surface area contributed by atoms with Gasteiger partial charge in [-0.05, 0) is 38.8 Å². The second-order valence-corrected chi connectivity index (χ2v) is 7.85. The summed E-state index contributed by atoms with van der Waals surface area (Å²) in [5.41, 5.74) is 0.395. The number of nitrogens with zero attached hydrogens (tertiary/aromatic N) is 5. The van der Waals surface area contributed by atoms with E-state index in [0.29, 0.717) is 24.1 Å². The zero-order valence-electron chi connectivity index (χ0n) is 17.5. The molecule has 0 radical (unpaired) electrons. The highest BCUT2D eigenvalue weighted by Gasteiger charge is 2.43. The number of hydrogen-bond donors (Lipinski definition) is 1. The van der Waals surface area contributed by atoms with E-state index in [1.165, 1.54) is 24.1 Å². The quantitative estimate of drug-likeness (QED) is 0.654. The summed E-state index contributed by atoms with van der Waals surface area (Å²) in [6, 6.07) is 6.86. The highest BCUT2D eigenvalue weighted by molar-refractivity contribution is 5.98. The third kappa shape index (κ3) is 4.12. The standard InChI is InChI=1S/C21H22F3N5O3/c1-12-7-8-14(19-27-17(13(2)32-19)18(30)21(22,23)24)11-28(12)20(31)15-5-3-4-6-16(15)29-25-9-10-26-29/h3-6,9-10,12,14,18,30H,7-8,11H2,1-2H3/t12-,14-,18?/m1/s1. The largest absolute Gasteiger partial charge is 0.445 e. The number of para-hydroxylation sites is 1. The molecule has 170 valence electrons. The molecule has 1 N–H and O–H groups in total. The van der Waals surface area contributed by atoms with Crippen LogP contribution in [-0.4, -0.2) is 54.7 Å². The molecule has 3 aromatic rings. The molecule has 2 aromatic heterocycles. The van der Waals surface area contributed by atoms with E-state index < -0.39 is 23.9 Å². The zero-order valence-corrected chi connectivity index (χ0v) is 17.5. The molecule has 32 heavy (non-hydrogen) atoms. The lowest BCUT2D eigenvalue weighted by atomic mass is 9.92. The molecule has 0 spiro atoms. The molecule has 0 bridgehead atoms. The van der Waals surface area contributed by atoms with Crippen molar-refractivity contribution in [3.8, 4) is 5.69 Å². The van der Waals surface area contributed by atoms with Crippen LogP contribution in [0.4, 0.5) is 13.2 Å². The van der Waals surface area contributed by atoms with Crippen LogP contribution in [0.1, 0.15) is 59.5 Å². The summed E-state index contributed by atoms with van der Waals surface area (Å²) in [7, 11) is 0. The number of likely N-dealkylation sites (tertiary alicyclic amines) is 1. The number of benzene rings is 1. The fourth-order valence-corrected chi connectivity index (χ4v) is 3.93. The number of hydrogen-bond acceptors (Lipinski definition) is 6. The molecule has 1 fully saturated rings. The van der Waals surface area contributed by atoms with Gasteiger partial charge in [0.2, 0.25) is 0 Å². The molecule has 11 heteroatoms. The summed E-state index contributed by atoms with van der Waals surface area (Å²) in [5.74, 6) is -0.629. The summed E-state index contributed by atoms with van der Waals surface area (Å²) >= 11 is 0. The Labute approximate surface area is 181 Å². The predicted molar refractivity (Wildman–Crippen MR) is 106 cm³/mol. The number of aryl methyl sites for hydroxylation is 1. The van der Waals surface area contributed by atoms with Crippen LogP contribution in [0.25, 0.3) is 5.69 Å². The smallest absolute Gasteiger partial charge is 0.420 e. The van der Waals surface area contributed by atoms with Gasteiger partial charge in [0, 0.05) is 12.6 Å². The summed E-state index contributed by atoms with van der Waals surface area (Å²) in [6.07, 6.45) is -3.32. The minimum absolute atomic E-state index is 0.0866. The molecule has 1 aliphatic rings. The number of aliphatic hydroxyl groups is 1. The molecule has 3 heterocycles. The van der Waals surface area contributed by atoms with E-state index in [0.717, 1.165) is 0 Å². The predicted octanol–water partition coefficient (Wildman–Crippen LogP) is 3.57. The second-order valence-electron chi connectivity index (χ2n) is 7.85. The average Bonchev–Trinajstić information content (AvgIpc) is 3.42. The lowest BCUT2D eigenvalue weighted by Gasteiger charge is -2.37. The Balaban J connectivity index is 1.60. The Bertz CT molecular complexity index is 1100. The van der Waals surface area contributed by atoms with Crippen LogP contribution in [0.2, 0.25) is 0 Å². The van der Waals surface area contributed by atoms with Gasteiger partial charge < -0.3 is 14.4 Å². The molecule has 0 aliphatic carbocycles. The summed E-state index contributed by atoms with van der Waals surface area (Å²) in [6.45, 7) is 3.48. The Morgan fingerprint density at radius 1 is 1.22 bits per heavy atom. The highest BCUT2D eigenvalue weighted by atomic mass is 19.4. The van der Waals surface area contributed by atoms with Crippen molar-refractivity contribution in [2.75, 3.05) is 6.54 Å². The monoisotopic (exact) mass is 449 g/mol. The lowest BCUT2D eigenvalue weighted by molar-refractivity contribution is -0.208. The molecule has 3 atom stereocenters. The van der Waals surface area contributed by atoms with Crippen molar-refractivity contribution in [3.63, 3.8) is 0 Å². The van der Waals surface area contributed by atoms with E-state index in [9.17, 15) is 23.1 Å². The van der Waals surface area contributed by atoms with Gasteiger partial charge in [0.05, 0.1) is 29.6 Å². The van der Waals surface area contributed by atoms with Crippen molar-refractivity contribution in [3.05, 3.63) is 59.6 Å². The first-order chi connectivity index (χ1) is 15.2. The third-order valence-corrected chi connectivity index (χ3v) is 5.68. The minimum Gasteiger partial charge on any atom is -0.445 e. The van der Waals surface area contributed by atoms with Crippen LogP contribution in [0.5, 0.6) is 0 Å². The van der Waals surface area contributed by atoms with Gasteiger partial charge in [0.25, 0.3) is 5.91 Å². The van der Waals surface area contributed by atoms with E-state index in [2.05, 4.69) is 15.2 Å².